The summed E-state index contributed by atoms with van der Waals surface area (Å²) in [5.41, 5.74) is 1.48. The highest BCUT2D eigenvalue weighted by Gasteiger charge is 2.35. The Hall–Kier alpha value is -2.72. The van der Waals surface area contributed by atoms with Crippen LogP contribution in [0.15, 0.2) is 46.9 Å². The van der Waals surface area contributed by atoms with Crippen molar-refractivity contribution >= 4 is 55.0 Å². The van der Waals surface area contributed by atoms with Gasteiger partial charge in [0.05, 0.1) is 17.4 Å². The van der Waals surface area contributed by atoms with Gasteiger partial charge in [-0.05, 0) is 42.5 Å². The number of sulfonamides is 1. The van der Waals surface area contributed by atoms with Crippen LogP contribution in [0.1, 0.15) is 27.1 Å². The molecule has 8 nitrogen and oxygen atoms in total. The predicted octanol–water partition coefficient (Wildman–Crippen LogP) is 2.45. The summed E-state index contributed by atoms with van der Waals surface area (Å²) in [4.78, 5) is 37.9. The number of hydrogen-bond donors (Lipinski definition) is 2. The van der Waals surface area contributed by atoms with Gasteiger partial charge in [-0.1, -0.05) is 15.9 Å². The first-order chi connectivity index (χ1) is 13.1. The van der Waals surface area contributed by atoms with Crippen LogP contribution >= 0.6 is 15.9 Å². The van der Waals surface area contributed by atoms with E-state index in [0.29, 0.717) is 27.0 Å². The highest BCUT2D eigenvalue weighted by molar-refractivity contribution is 9.10. The molecular weight excluding hydrogens is 450 g/mol. The molecular formula is C18H16BrN3O5S. The molecule has 2 aromatic rings. The van der Waals surface area contributed by atoms with Crippen LogP contribution < -0.4 is 10.0 Å². The number of fused-ring (bicyclic) bond motifs is 1. The number of nitrogens with one attached hydrogen (secondary N) is 2. The molecule has 1 heterocycles. The molecule has 28 heavy (non-hydrogen) atoms. The molecule has 0 unspecified atom stereocenters. The lowest BCUT2D eigenvalue weighted by atomic mass is 10.1. The monoisotopic (exact) mass is 465 g/mol. The lowest BCUT2D eigenvalue weighted by Crippen LogP contribution is -2.32. The number of nitrogens with zero attached hydrogens (tertiary/aromatic N) is 1. The fraction of sp³-hybridized carbons (Fsp3) is 0.167. The molecule has 0 radical (unpaired) electrons. The Morgan fingerprint density at radius 3 is 2.25 bits per heavy atom. The zero-order valence-corrected chi connectivity index (χ0v) is 17.1. The molecule has 1 aliphatic heterocycles. The third-order valence-corrected chi connectivity index (χ3v) is 5.07. The quantitative estimate of drug-likeness (QED) is 0.636. The number of hydrogen-bond acceptors (Lipinski definition) is 5. The molecule has 10 heteroatoms. The molecule has 0 spiro atoms. The molecule has 0 atom stereocenters. The smallest absolute Gasteiger partial charge is 0.261 e. The van der Waals surface area contributed by atoms with Crippen LogP contribution in [0.4, 0.5) is 11.4 Å². The number of imide groups is 1. The second kappa shape index (κ2) is 7.72. The van der Waals surface area contributed by atoms with E-state index >= 15 is 0 Å². The van der Waals surface area contributed by atoms with Gasteiger partial charge in [0, 0.05) is 28.8 Å². The third-order valence-electron chi connectivity index (χ3n) is 3.97. The van der Waals surface area contributed by atoms with Crippen molar-refractivity contribution < 1.29 is 22.8 Å². The molecule has 0 aromatic heterocycles. The predicted molar refractivity (Wildman–Crippen MR) is 108 cm³/mol. The van der Waals surface area contributed by atoms with Gasteiger partial charge in [-0.25, -0.2) is 8.42 Å². The summed E-state index contributed by atoms with van der Waals surface area (Å²) in [6.45, 7) is -0.0382. The molecule has 1 aliphatic rings. The maximum absolute atomic E-state index is 12.4. The van der Waals surface area contributed by atoms with E-state index in [-0.39, 0.29) is 18.9 Å². The van der Waals surface area contributed by atoms with E-state index in [1.807, 2.05) is 0 Å². The Kier molecular flexibility index (Phi) is 5.52. The maximum atomic E-state index is 12.4. The van der Waals surface area contributed by atoms with Crippen molar-refractivity contribution in [2.45, 2.75) is 6.42 Å². The van der Waals surface area contributed by atoms with Gasteiger partial charge >= 0.3 is 0 Å². The highest BCUT2D eigenvalue weighted by Crippen LogP contribution is 2.26. The zero-order chi connectivity index (χ0) is 20.5. The van der Waals surface area contributed by atoms with Crippen LogP contribution in [-0.2, 0) is 14.8 Å². The average Bonchev–Trinajstić information content (AvgIpc) is 2.84. The van der Waals surface area contributed by atoms with E-state index in [1.54, 1.807) is 30.3 Å². The molecule has 0 aliphatic carbocycles. The first kappa shape index (κ1) is 20.0. The minimum absolute atomic E-state index is 0.0382. The molecule has 146 valence electrons. The Labute approximate surface area is 170 Å². The van der Waals surface area contributed by atoms with Gasteiger partial charge in [-0.3, -0.25) is 24.0 Å². The summed E-state index contributed by atoms with van der Waals surface area (Å²) in [6.07, 6.45) is 0.983. The van der Waals surface area contributed by atoms with Crippen molar-refractivity contribution in [2.24, 2.45) is 0 Å². The van der Waals surface area contributed by atoms with Crippen molar-refractivity contribution in [3.05, 3.63) is 58.1 Å². The average molecular weight is 466 g/mol. The van der Waals surface area contributed by atoms with Crippen LogP contribution in [0.25, 0.3) is 0 Å². The Bertz CT molecular complexity index is 1070. The van der Waals surface area contributed by atoms with Gasteiger partial charge in [0.1, 0.15) is 0 Å². The number of carbonyl (C=O) groups excluding carboxylic acids is 3. The van der Waals surface area contributed by atoms with Gasteiger partial charge < -0.3 is 5.32 Å². The minimum Gasteiger partial charge on any atom is -0.326 e. The van der Waals surface area contributed by atoms with Crippen LogP contribution in [0.3, 0.4) is 0 Å². The van der Waals surface area contributed by atoms with Crippen LogP contribution in [0.5, 0.6) is 0 Å². The van der Waals surface area contributed by atoms with Crippen molar-refractivity contribution in [1.82, 2.24) is 4.90 Å². The summed E-state index contributed by atoms with van der Waals surface area (Å²) in [6, 6.07) is 11.0. The van der Waals surface area contributed by atoms with Crippen LogP contribution in [0, 0.1) is 0 Å². The van der Waals surface area contributed by atoms with Crippen molar-refractivity contribution in [3.63, 3.8) is 0 Å². The summed E-state index contributed by atoms with van der Waals surface area (Å²) in [7, 11) is -3.38. The molecule has 3 amide bonds. The molecule has 0 saturated carbocycles. The van der Waals surface area contributed by atoms with Gasteiger partial charge in [0.25, 0.3) is 11.8 Å². The van der Waals surface area contributed by atoms with Gasteiger partial charge in [-0.2, -0.15) is 0 Å². The maximum Gasteiger partial charge on any atom is 0.261 e. The second-order valence-corrected chi connectivity index (χ2v) is 8.87. The summed E-state index contributed by atoms with van der Waals surface area (Å²) in [5, 5.41) is 2.64. The minimum atomic E-state index is -3.38. The summed E-state index contributed by atoms with van der Waals surface area (Å²) in [5.74, 6) is -1.22. The van der Waals surface area contributed by atoms with Crippen LogP contribution in [0.2, 0.25) is 0 Å². The zero-order valence-electron chi connectivity index (χ0n) is 14.7. The largest absolute Gasteiger partial charge is 0.326 e. The number of carbonyl (C=O) groups is 3. The molecule has 2 aromatic carbocycles. The Balaban J connectivity index is 1.58. The van der Waals surface area contributed by atoms with E-state index in [0.717, 1.165) is 11.2 Å². The van der Waals surface area contributed by atoms with Gasteiger partial charge in [0.2, 0.25) is 15.9 Å². The van der Waals surface area contributed by atoms with Crippen molar-refractivity contribution in [2.75, 3.05) is 22.8 Å². The molecule has 0 bridgehead atoms. The number of rotatable bonds is 6. The Morgan fingerprint density at radius 2 is 1.61 bits per heavy atom. The molecule has 3 rings (SSSR count). The van der Waals surface area contributed by atoms with E-state index in [4.69, 9.17) is 0 Å². The normalized spacial score (nSPS) is 13.4. The molecule has 0 saturated heterocycles. The number of halogens is 1. The van der Waals surface area contributed by atoms with E-state index < -0.39 is 21.8 Å². The number of benzene rings is 2. The molecule has 2 N–H and O–H groups in total. The first-order valence-electron chi connectivity index (χ1n) is 8.17. The molecule has 0 fully saturated rings. The standard InChI is InChI=1S/C18H16BrN3O5S/c1-28(26,27)21-13-5-3-12(4-6-13)20-16(23)8-9-22-17(24)14-7-2-11(19)10-15(14)18(22)25/h2-7,10,21H,8-9H2,1H3,(H,20,23). The van der Waals surface area contributed by atoms with Crippen molar-refractivity contribution in [3.8, 4) is 0 Å². The number of amides is 3. The van der Waals surface area contributed by atoms with Crippen LogP contribution in [-0.4, -0.2) is 43.8 Å². The van der Waals surface area contributed by atoms with E-state index in [9.17, 15) is 22.8 Å². The third kappa shape index (κ3) is 4.57. The second-order valence-electron chi connectivity index (χ2n) is 6.20. The fourth-order valence-corrected chi connectivity index (χ4v) is 3.66. The number of anilines is 2. The van der Waals surface area contributed by atoms with E-state index in [2.05, 4.69) is 26.0 Å². The van der Waals surface area contributed by atoms with Gasteiger partial charge in [0.15, 0.2) is 0 Å². The highest BCUT2D eigenvalue weighted by atomic mass is 79.9. The van der Waals surface area contributed by atoms with E-state index in [1.165, 1.54) is 12.1 Å². The Morgan fingerprint density at radius 1 is 1.00 bits per heavy atom. The van der Waals surface area contributed by atoms with Crippen molar-refractivity contribution in [1.29, 1.82) is 0 Å². The van der Waals surface area contributed by atoms with Gasteiger partial charge in [-0.15, -0.1) is 0 Å². The fourth-order valence-electron chi connectivity index (χ4n) is 2.74. The lowest BCUT2D eigenvalue weighted by molar-refractivity contribution is -0.116. The first-order valence-corrected chi connectivity index (χ1v) is 10.9. The summed E-state index contributed by atoms with van der Waals surface area (Å²) >= 11 is 3.27. The SMILES string of the molecule is CS(=O)(=O)Nc1ccc(NC(=O)CCN2C(=O)c3ccc(Br)cc3C2=O)cc1. The topological polar surface area (TPSA) is 113 Å². The lowest BCUT2D eigenvalue weighted by Gasteiger charge is -2.13. The summed E-state index contributed by atoms with van der Waals surface area (Å²) < 4.78 is 25.4.